The molecule has 1 aromatic heterocycles. The van der Waals surface area contributed by atoms with Crippen LogP contribution in [0.5, 0.6) is 0 Å². The summed E-state index contributed by atoms with van der Waals surface area (Å²) in [5.41, 5.74) is 5.96. The topological polar surface area (TPSA) is 57.2 Å². The molecule has 6 nitrogen and oxygen atoms in total. The molecule has 29 heavy (non-hydrogen) atoms. The Bertz CT molecular complexity index is 983. The van der Waals surface area contributed by atoms with Crippen LogP contribution in [-0.2, 0) is 6.42 Å². The molecule has 3 aromatic rings. The quantitative estimate of drug-likeness (QED) is 0.651. The van der Waals surface area contributed by atoms with Crippen molar-refractivity contribution in [2.45, 2.75) is 33.6 Å². The van der Waals surface area contributed by atoms with Crippen LogP contribution in [0.15, 0.2) is 48.7 Å². The molecule has 0 saturated carbocycles. The number of hydrogen-bond acceptors (Lipinski definition) is 6. The zero-order valence-corrected chi connectivity index (χ0v) is 17.4. The fourth-order valence-electron chi connectivity index (χ4n) is 3.94. The Hall–Kier alpha value is -3.15. The monoisotopic (exact) mass is 388 g/mol. The van der Waals surface area contributed by atoms with Gasteiger partial charge in [0.1, 0.15) is 0 Å². The number of nitrogens with one attached hydrogen (secondary N) is 1. The van der Waals surface area contributed by atoms with Gasteiger partial charge in [-0.05, 0) is 69.0 Å². The molecule has 0 fully saturated rings. The largest absolute Gasteiger partial charge is 0.372 e. The number of rotatable bonds is 6. The zero-order chi connectivity index (χ0) is 20.2. The van der Waals surface area contributed by atoms with E-state index in [4.69, 9.17) is 4.98 Å². The van der Waals surface area contributed by atoms with E-state index in [9.17, 15) is 0 Å². The lowest BCUT2D eigenvalue weighted by Crippen LogP contribution is -2.25. The van der Waals surface area contributed by atoms with Gasteiger partial charge in [-0.2, -0.15) is 10.1 Å². The second-order valence-electron chi connectivity index (χ2n) is 7.32. The van der Waals surface area contributed by atoms with Gasteiger partial charge in [-0.1, -0.05) is 18.2 Å². The molecule has 150 valence electrons. The van der Waals surface area contributed by atoms with Crippen molar-refractivity contribution in [1.82, 2.24) is 15.2 Å². The summed E-state index contributed by atoms with van der Waals surface area (Å²) in [7, 11) is 0. The molecule has 0 bridgehead atoms. The summed E-state index contributed by atoms with van der Waals surface area (Å²) in [5, 5.41) is 11.8. The average Bonchev–Trinajstić information content (AvgIpc) is 2.76. The molecule has 0 saturated heterocycles. The van der Waals surface area contributed by atoms with E-state index < -0.39 is 0 Å². The maximum Gasteiger partial charge on any atom is 0.249 e. The number of anilines is 5. The molecule has 0 unspecified atom stereocenters. The highest BCUT2D eigenvalue weighted by Gasteiger charge is 2.19. The number of benzene rings is 2. The third-order valence-electron chi connectivity index (χ3n) is 5.52. The molecular weight excluding hydrogens is 360 g/mol. The highest BCUT2D eigenvalue weighted by molar-refractivity contribution is 5.67. The van der Waals surface area contributed by atoms with Crippen molar-refractivity contribution >= 4 is 28.8 Å². The van der Waals surface area contributed by atoms with Crippen LogP contribution in [0.25, 0.3) is 0 Å². The van der Waals surface area contributed by atoms with Crippen LogP contribution in [0, 0.1) is 6.92 Å². The Labute approximate surface area is 172 Å². The standard InChI is InChI=1S/C23H28N6/c1-4-28(5-2)19-12-13-20(17(3)15-19)25-23-26-22(16-24-27-23)29-14-8-10-18-9-6-7-11-21(18)29/h6-7,9,11-13,15-16H,4-5,8,10,14H2,1-3H3,(H,25,26,27). The number of nitrogens with zero attached hydrogens (tertiary/aromatic N) is 5. The summed E-state index contributed by atoms with van der Waals surface area (Å²) in [6.45, 7) is 9.38. The highest BCUT2D eigenvalue weighted by Crippen LogP contribution is 2.32. The number of aromatic nitrogens is 3. The Kier molecular flexibility index (Phi) is 5.60. The lowest BCUT2D eigenvalue weighted by Gasteiger charge is -2.30. The average molecular weight is 389 g/mol. The van der Waals surface area contributed by atoms with E-state index in [1.54, 1.807) is 6.20 Å². The molecule has 1 aliphatic heterocycles. The van der Waals surface area contributed by atoms with Crippen LogP contribution in [0.4, 0.5) is 28.8 Å². The van der Waals surface area contributed by atoms with E-state index in [1.165, 1.54) is 16.9 Å². The van der Waals surface area contributed by atoms with E-state index in [2.05, 4.69) is 88.5 Å². The van der Waals surface area contributed by atoms with Crippen molar-refractivity contribution in [3.63, 3.8) is 0 Å². The van der Waals surface area contributed by atoms with Crippen LogP contribution >= 0.6 is 0 Å². The molecule has 1 N–H and O–H groups in total. The number of para-hydroxylation sites is 1. The van der Waals surface area contributed by atoms with Crippen molar-refractivity contribution in [3.05, 3.63) is 59.8 Å². The van der Waals surface area contributed by atoms with Gasteiger partial charge in [-0.25, -0.2) is 0 Å². The highest BCUT2D eigenvalue weighted by atomic mass is 15.3. The maximum absolute atomic E-state index is 4.75. The van der Waals surface area contributed by atoms with Gasteiger partial charge < -0.3 is 15.1 Å². The van der Waals surface area contributed by atoms with Gasteiger partial charge in [-0.15, -0.1) is 5.10 Å². The first-order chi connectivity index (χ1) is 14.2. The van der Waals surface area contributed by atoms with Crippen molar-refractivity contribution < 1.29 is 0 Å². The molecule has 6 heteroatoms. The first-order valence-electron chi connectivity index (χ1n) is 10.4. The van der Waals surface area contributed by atoms with Gasteiger partial charge in [0, 0.05) is 36.7 Å². The normalized spacial score (nSPS) is 13.1. The minimum absolute atomic E-state index is 0.518. The molecule has 2 heterocycles. The van der Waals surface area contributed by atoms with Crippen LogP contribution in [-0.4, -0.2) is 34.8 Å². The molecule has 0 spiro atoms. The second kappa shape index (κ2) is 8.47. The number of fused-ring (bicyclic) bond motifs is 1. The first-order valence-corrected chi connectivity index (χ1v) is 10.4. The summed E-state index contributed by atoms with van der Waals surface area (Å²) in [4.78, 5) is 9.32. The lowest BCUT2D eigenvalue weighted by molar-refractivity contribution is 0.754. The van der Waals surface area contributed by atoms with Crippen LogP contribution in [0.1, 0.15) is 31.4 Å². The lowest BCUT2D eigenvalue weighted by atomic mass is 10.0. The van der Waals surface area contributed by atoms with Crippen LogP contribution in [0.3, 0.4) is 0 Å². The van der Waals surface area contributed by atoms with E-state index >= 15 is 0 Å². The van der Waals surface area contributed by atoms with Crippen molar-refractivity contribution in [3.8, 4) is 0 Å². The van der Waals surface area contributed by atoms with Crippen molar-refractivity contribution in [2.75, 3.05) is 34.8 Å². The van der Waals surface area contributed by atoms with Crippen molar-refractivity contribution in [2.24, 2.45) is 0 Å². The number of aryl methyl sites for hydroxylation is 2. The first kappa shape index (κ1) is 19.2. The van der Waals surface area contributed by atoms with Gasteiger partial charge in [0.2, 0.25) is 5.95 Å². The van der Waals surface area contributed by atoms with Gasteiger partial charge in [0.05, 0.1) is 6.20 Å². The van der Waals surface area contributed by atoms with Gasteiger partial charge >= 0.3 is 0 Å². The van der Waals surface area contributed by atoms with E-state index in [0.717, 1.165) is 49.5 Å². The molecule has 0 radical (unpaired) electrons. The number of hydrogen-bond donors (Lipinski definition) is 1. The van der Waals surface area contributed by atoms with Crippen LogP contribution in [0.2, 0.25) is 0 Å². The smallest absolute Gasteiger partial charge is 0.249 e. The van der Waals surface area contributed by atoms with Gasteiger partial charge in [-0.3, -0.25) is 0 Å². The van der Waals surface area contributed by atoms with E-state index in [-0.39, 0.29) is 0 Å². The summed E-state index contributed by atoms with van der Waals surface area (Å²) < 4.78 is 0. The fraction of sp³-hybridized carbons (Fsp3) is 0.348. The third kappa shape index (κ3) is 4.01. The molecule has 2 aromatic carbocycles. The third-order valence-corrected chi connectivity index (χ3v) is 5.52. The minimum Gasteiger partial charge on any atom is -0.372 e. The predicted molar refractivity (Wildman–Crippen MR) is 120 cm³/mol. The predicted octanol–water partition coefficient (Wildman–Crippen LogP) is 4.85. The summed E-state index contributed by atoms with van der Waals surface area (Å²) in [6.07, 6.45) is 3.95. The van der Waals surface area contributed by atoms with Crippen LogP contribution < -0.4 is 15.1 Å². The molecule has 0 atom stereocenters. The molecule has 4 rings (SSSR count). The SMILES string of the molecule is CCN(CC)c1ccc(Nc2nncc(N3CCCc4ccccc43)n2)c(C)c1. The fourth-order valence-corrected chi connectivity index (χ4v) is 3.94. The van der Waals surface area contributed by atoms with Gasteiger partial charge in [0.25, 0.3) is 0 Å². The summed E-state index contributed by atoms with van der Waals surface area (Å²) >= 11 is 0. The zero-order valence-electron chi connectivity index (χ0n) is 17.4. The molecule has 0 aliphatic carbocycles. The summed E-state index contributed by atoms with van der Waals surface area (Å²) in [5.74, 6) is 1.34. The second-order valence-corrected chi connectivity index (χ2v) is 7.32. The summed E-state index contributed by atoms with van der Waals surface area (Å²) in [6, 6.07) is 14.9. The Balaban J connectivity index is 1.58. The Morgan fingerprint density at radius 1 is 1.10 bits per heavy atom. The molecular formula is C23H28N6. The maximum atomic E-state index is 4.75. The Morgan fingerprint density at radius 3 is 2.72 bits per heavy atom. The van der Waals surface area contributed by atoms with E-state index in [0.29, 0.717) is 5.95 Å². The van der Waals surface area contributed by atoms with Crippen molar-refractivity contribution in [1.29, 1.82) is 0 Å². The van der Waals surface area contributed by atoms with Gasteiger partial charge in [0.15, 0.2) is 5.82 Å². The Morgan fingerprint density at radius 2 is 1.93 bits per heavy atom. The molecule has 1 aliphatic rings. The minimum atomic E-state index is 0.518. The molecule has 0 amide bonds. The van der Waals surface area contributed by atoms with E-state index in [1.807, 2.05) is 0 Å².